The number of amides is 3. The van der Waals surface area contributed by atoms with Crippen LogP contribution < -0.4 is 4.90 Å². The Labute approximate surface area is 228 Å². The molecule has 0 aromatic heterocycles. The number of hydrogen-bond acceptors (Lipinski definition) is 5. The van der Waals surface area contributed by atoms with Crippen molar-refractivity contribution in [2.75, 3.05) is 38.2 Å². The van der Waals surface area contributed by atoms with Crippen molar-refractivity contribution in [1.82, 2.24) is 9.80 Å². The highest BCUT2D eigenvalue weighted by Gasteiger charge is 2.75. The van der Waals surface area contributed by atoms with Crippen molar-refractivity contribution in [1.29, 1.82) is 0 Å². The average molecular weight is 542 g/mol. The molecule has 0 saturated carbocycles. The number of fused-ring (bicyclic) bond motifs is 2. The number of benzene rings is 1. The molecule has 204 valence electrons. The predicted molar refractivity (Wildman–Crippen MR) is 145 cm³/mol. The van der Waals surface area contributed by atoms with Gasteiger partial charge in [-0.15, -0.1) is 0 Å². The summed E-state index contributed by atoms with van der Waals surface area (Å²) in [6.07, 6.45) is 11.1. The van der Waals surface area contributed by atoms with Crippen LogP contribution in [0.1, 0.15) is 39.0 Å². The largest absolute Gasteiger partial charge is 0.396 e. The fourth-order valence-electron chi connectivity index (χ4n) is 6.76. The molecule has 8 nitrogen and oxygen atoms in total. The summed E-state index contributed by atoms with van der Waals surface area (Å²) in [5.74, 6) is -2.15. The van der Waals surface area contributed by atoms with Crippen LogP contribution in [0.15, 0.2) is 48.6 Å². The van der Waals surface area contributed by atoms with E-state index in [1.54, 1.807) is 33.9 Å². The lowest BCUT2D eigenvalue weighted by molar-refractivity contribution is -0.149. The number of likely N-dealkylation sites (tertiary alicyclic amines) is 1. The van der Waals surface area contributed by atoms with Crippen LogP contribution in [0.5, 0.6) is 0 Å². The first-order chi connectivity index (χ1) is 18.3. The maximum Gasteiger partial charge on any atom is 0.253 e. The zero-order chi connectivity index (χ0) is 27.1. The van der Waals surface area contributed by atoms with Crippen molar-refractivity contribution < 1.29 is 24.2 Å². The van der Waals surface area contributed by atoms with Crippen molar-refractivity contribution in [2.24, 2.45) is 11.8 Å². The Hall–Kier alpha value is -2.68. The normalized spacial score (nSPS) is 32.4. The molecule has 5 atom stereocenters. The highest BCUT2D eigenvalue weighted by atomic mass is 35.5. The number of para-hydroxylation sites is 1. The minimum atomic E-state index is -1.27. The number of carbonyl (C=O) groups excluding carboxylic acids is 3. The fraction of sp³-hybridized carbons (Fsp3) is 0.552. The lowest BCUT2D eigenvalue weighted by atomic mass is 9.73. The zero-order valence-corrected chi connectivity index (χ0v) is 22.8. The number of anilines is 1. The van der Waals surface area contributed by atoms with Crippen molar-refractivity contribution in [3.8, 4) is 0 Å². The number of unbranched alkanes of at least 4 members (excludes halogenated alkanes) is 3. The monoisotopic (exact) mass is 541 g/mol. The second-order valence-corrected chi connectivity index (χ2v) is 11.1. The van der Waals surface area contributed by atoms with Gasteiger partial charge in [-0.25, -0.2) is 0 Å². The molecular weight excluding hydrogens is 506 g/mol. The van der Waals surface area contributed by atoms with Crippen LogP contribution in [-0.4, -0.2) is 83.2 Å². The molecule has 4 aliphatic heterocycles. The van der Waals surface area contributed by atoms with Crippen LogP contribution in [-0.2, 0) is 19.1 Å². The molecule has 1 N–H and O–H groups in total. The van der Waals surface area contributed by atoms with Crippen LogP contribution in [0.25, 0.3) is 0 Å². The molecule has 3 amide bonds. The zero-order valence-electron chi connectivity index (χ0n) is 22.0. The molecule has 0 aliphatic carbocycles. The number of likely N-dealkylation sites (N-methyl/N-ethyl adjacent to an activating group) is 1. The first-order valence-electron chi connectivity index (χ1n) is 13.6. The van der Waals surface area contributed by atoms with E-state index in [1.165, 1.54) is 0 Å². The molecule has 0 bridgehead atoms. The number of rotatable bonds is 8. The molecule has 1 unspecified atom stereocenters. The molecule has 2 saturated heterocycles. The number of aliphatic hydroxyl groups excluding tert-OH is 1. The SMILES string of the molecule is CC[C@]12C=CCN(C)C(=O)[C@H]1[C@H]1C(=O)N(CCCCCCO)C3C(=O)N(c4ccccc4Cl)CC=C[C@@]31O2. The van der Waals surface area contributed by atoms with E-state index >= 15 is 0 Å². The summed E-state index contributed by atoms with van der Waals surface area (Å²) in [4.78, 5) is 47.4. The molecule has 0 radical (unpaired) electrons. The van der Waals surface area contributed by atoms with Gasteiger partial charge in [-0.2, -0.15) is 0 Å². The molecule has 4 aliphatic rings. The maximum absolute atomic E-state index is 14.4. The Morgan fingerprint density at radius 2 is 1.71 bits per heavy atom. The predicted octanol–water partition coefficient (Wildman–Crippen LogP) is 3.18. The fourth-order valence-corrected chi connectivity index (χ4v) is 6.99. The van der Waals surface area contributed by atoms with E-state index in [-0.39, 0.29) is 30.9 Å². The summed E-state index contributed by atoms with van der Waals surface area (Å²) in [7, 11) is 1.74. The Morgan fingerprint density at radius 1 is 0.974 bits per heavy atom. The molecule has 5 rings (SSSR count). The van der Waals surface area contributed by atoms with Gasteiger partial charge < -0.3 is 24.5 Å². The minimum absolute atomic E-state index is 0.129. The summed E-state index contributed by atoms with van der Waals surface area (Å²) in [6.45, 7) is 3.19. The Bertz CT molecular complexity index is 1170. The van der Waals surface area contributed by atoms with Crippen LogP contribution >= 0.6 is 11.6 Å². The van der Waals surface area contributed by atoms with Gasteiger partial charge in [0.2, 0.25) is 11.8 Å². The van der Waals surface area contributed by atoms with Crippen LogP contribution in [0, 0.1) is 11.8 Å². The van der Waals surface area contributed by atoms with Crippen LogP contribution in [0.2, 0.25) is 5.02 Å². The average Bonchev–Trinajstić information content (AvgIpc) is 3.20. The Balaban J connectivity index is 1.60. The quantitative estimate of drug-likeness (QED) is 0.403. The van der Waals surface area contributed by atoms with Gasteiger partial charge in [0.1, 0.15) is 11.6 Å². The van der Waals surface area contributed by atoms with E-state index in [4.69, 9.17) is 21.4 Å². The van der Waals surface area contributed by atoms with E-state index in [0.29, 0.717) is 43.1 Å². The number of ether oxygens (including phenoxy) is 1. The second-order valence-electron chi connectivity index (χ2n) is 10.7. The number of carbonyl (C=O) groups is 3. The van der Waals surface area contributed by atoms with Gasteiger partial charge in [0, 0.05) is 33.3 Å². The van der Waals surface area contributed by atoms with Gasteiger partial charge >= 0.3 is 0 Å². The van der Waals surface area contributed by atoms with E-state index in [1.807, 2.05) is 43.4 Å². The van der Waals surface area contributed by atoms with E-state index in [0.717, 1.165) is 12.8 Å². The first kappa shape index (κ1) is 26.9. The Morgan fingerprint density at radius 3 is 2.45 bits per heavy atom. The summed E-state index contributed by atoms with van der Waals surface area (Å²) >= 11 is 6.51. The number of halogens is 1. The first-order valence-corrected chi connectivity index (χ1v) is 14.0. The highest BCUT2D eigenvalue weighted by molar-refractivity contribution is 6.34. The van der Waals surface area contributed by atoms with Gasteiger partial charge in [0.25, 0.3) is 5.91 Å². The van der Waals surface area contributed by atoms with Gasteiger partial charge in [-0.05, 0) is 31.4 Å². The van der Waals surface area contributed by atoms with Gasteiger partial charge in [-0.1, -0.05) is 67.8 Å². The van der Waals surface area contributed by atoms with Crippen molar-refractivity contribution in [3.63, 3.8) is 0 Å². The summed E-state index contributed by atoms with van der Waals surface area (Å²) in [5.41, 5.74) is -1.67. The van der Waals surface area contributed by atoms with Crippen molar-refractivity contribution in [2.45, 2.75) is 56.3 Å². The molecule has 1 spiro atoms. The summed E-state index contributed by atoms with van der Waals surface area (Å²) < 4.78 is 6.93. The summed E-state index contributed by atoms with van der Waals surface area (Å²) in [6, 6.07) is 6.26. The van der Waals surface area contributed by atoms with Crippen molar-refractivity contribution >= 4 is 35.0 Å². The highest BCUT2D eigenvalue weighted by Crippen LogP contribution is 2.58. The second kappa shape index (κ2) is 10.5. The van der Waals surface area contributed by atoms with Gasteiger partial charge in [0.05, 0.1) is 28.1 Å². The lowest BCUT2D eigenvalue weighted by Gasteiger charge is -2.38. The third-order valence-electron chi connectivity index (χ3n) is 8.59. The topological polar surface area (TPSA) is 90.4 Å². The van der Waals surface area contributed by atoms with Crippen LogP contribution in [0.3, 0.4) is 0 Å². The van der Waals surface area contributed by atoms with Crippen molar-refractivity contribution in [3.05, 3.63) is 53.6 Å². The maximum atomic E-state index is 14.4. The lowest BCUT2D eigenvalue weighted by Crippen LogP contribution is -2.56. The molecular formula is C29H36ClN3O5. The number of hydrogen-bond donors (Lipinski definition) is 1. The van der Waals surface area contributed by atoms with E-state index < -0.39 is 29.1 Å². The minimum Gasteiger partial charge on any atom is -0.396 e. The van der Waals surface area contributed by atoms with E-state index in [2.05, 4.69) is 0 Å². The smallest absolute Gasteiger partial charge is 0.253 e. The Kier molecular flexibility index (Phi) is 7.42. The number of nitrogens with zero attached hydrogens (tertiary/aromatic N) is 3. The third-order valence-corrected chi connectivity index (χ3v) is 8.91. The molecule has 9 heteroatoms. The molecule has 1 aromatic carbocycles. The van der Waals surface area contributed by atoms with Gasteiger partial charge in [-0.3, -0.25) is 14.4 Å². The molecule has 38 heavy (non-hydrogen) atoms. The molecule has 4 heterocycles. The standard InChI is InChI=1S/C29H36ClN3O5/c1-3-28-14-10-16-31(2)25(35)22(28)23-26(36)33(17-8-4-5-9-19-34)24-27(37)32(18-11-15-29(23,24)38-28)21-13-7-6-12-20(21)30/h6-7,10-15,22-24,34H,3-5,8-9,16-19H2,1-2H3/t22-,23+,24?,28+,29+/m1/s1. The van der Waals surface area contributed by atoms with Gasteiger partial charge in [0.15, 0.2) is 0 Å². The molecule has 2 fully saturated rings. The van der Waals surface area contributed by atoms with Crippen LogP contribution in [0.4, 0.5) is 5.69 Å². The molecule has 1 aromatic rings. The summed E-state index contributed by atoms with van der Waals surface area (Å²) in [5, 5.41) is 9.59. The third kappa shape index (κ3) is 4.08. The van der Waals surface area contributed by atoms with E-state index in [9.17, 15) is 14.4 Å². The number of aliphatic hydroxyl groups is 1.